The highest BCUT2D eigenvalue weighted by Gasteiger charge is 2.32. The molecule has 0 saturated carbocycles. The molecule has 0 amide bonds. The number of anilines is 1. The first-order chi connectivity index (χ1) is 9.31. The van der Waals surface area contributed by atoms with Crippen LogP contribution in [-0.4, -0.2) is 29.2 Å². The largest absolute Gasteiger partial charge is 0.473 e. The van der Waals surface area contributed by atoms with E-state index in [9.17, 15) is 0 Å². The first-order valence-corrected chi connectivity index (χ1v) is 7.47. The molecular weight excluding hydrogens is 306 g/mol. The van der Waals surface area contributed by atoms with Crippen molar-refractivity contribution in [3.8, 4) is 5.88 Å². The van der Waals surface area contributed by atoms with Crippen LogP contribution < -0.4 is 9.64 Å². The van der Waals surface area contributed by atoms with E-state index in [-0.39, 0.29) is 0 Å². The van der Waals surface area contributed by atoms with Gasteiger partial charge in [0.15, 0.2) is 5.82 Å². The number of nitrogens with zero attached hydrogens (tertiary/aromatic N) is 3. The quantitative estimate of drug-likeness (QED) is 0.747. The fraction of sp³-hybridized carbons (Fsp3) is 0.429. The molecule has 1 unspecified atom stereocenters. The summed E-state index contributed by atoms with van der Waals surface area (Å²) in [6.07, 6.45) is 3.71. The molecule has 1 atom stereocenters. The SMILES string of the molecule is Brc1ccc2nc3c(nc2c1)OCC1CCCCN31. The molecule has 0 aliphatic carbocycles. The number of halogens is 1. The summed E-state index contributed by atoms with van der Waals surface area (Å²) in [5.41, 5.74) is 1.81. The van der Waals surface area contributed by atoms with Crippen LogP contribution in [0.4, 0.5) is 5.82 Å². The van der Waals surface area contributed by atoms with Gasteiger partial charge >= 0.3 is 0 Å². The molecule has 2 aliphatic rings. The van der Waals surface area contributed by atoms with Crippen molar-refractivity contribution in [2.24, 2.45) is 0 Å². The first kappa shape index (κ1) is 11.5. The molecule has 4 rings (SSSR count). The van der Waals surface area contributed by atoms with Crippen LogP contribution in [0.25, 0.3) is 11.0 Å². The second-order valence-corrected chi connectivity index (χ2v) is 6.06. The Morgan fingerprint density at radius 1 is 1.21 bits per heavy atom. The van der Waals surface area contributed by atoms with E-state index in [2.05, 4.69) is 25.8 Å². The summed E-state index contributed by atoms with van der Waals surface area (Å²) in [6.45, 7) is 1.80. The topological polar surface area (TPSA) is 38.3 Å². The van der Waals surface area contributed by atoms with Crippen LogP contribution in [0, 0.1) is 0 Å². The summed E-state index contributed by atoms with van der Waals surface area (Å²) >= 11 is 3.46. The summed E-state index contributed by atoms with van der Waals surface area (Å²) in [7, 11) is 0. The molecule has 0 N–H and O–H groups in total. The van der Waals surface area contributed by atoms with Gasteiger partial charge in [-0.25, -0.2) is 9.97 Å². The van der Waals surface area contributed by atoms with E-state index in [1.54, 1.807) is 0 Å². The van der Waals surface area contributed by atoms with E-state index in [0.717, 1.165) is 34.5 Å². The first-order valence-electron chi connectivity index (χ1n) is 6.68. The second kappa shape index (κ2) is 4.34. The summed E-state index contributed by atoms with van der Waals surface area (Å²) in [5.74, 6) is 1.61. The van der Waals surface area contributed by atoms with Crippen molar-refractivity contribution in [2.45, 2.75) is 25.3 Å². The van der Waals surface area contributed by atoms with E-state index in [1.807, 2.05) is 18.2 Å². The van der Waals surface area contributed by atoms with Gasteiger partial charge in [-0.2, -0.15) is 0 Å². The smallest absolute Gasteiger partial charge is 0.258 e. The van der Waals surface area contributed by atoms with Gasteiger partial charge in [0.1, 0.15) is 6.61 Å². The number of ether oxygens (including phenoxy) is 1. The van der Waals surface area contributed by atoms with E-state index >= 15 is 0 Å². The van der Waals surface area contributed by atoms with E-state index in [0.29, 0.717) is 11.9 Å². The number of aromatic nitrogens is 2. The van der Waals surface area contributed by atoms with Gasteiger partial charge in [-0.3, -0.25) is 0 Å². The minimum absolute atomic E-state index is 0.475. The minimum atomic E-state index is 0.475. The van der Waals surface area contributed by atoms with Crippen molar-refractivity contribution in [2.75, 3.05) is 18.1 Å². The van der Waals surface area contributed by atoms with E-state index in [1.165, 1.54) is 19.3 Å². The molecule has 1 saturated heterocycles. The highest BCUT2D eigenvalue weighted by Crippen LogP contribution is 2.35. The summed E-state index contributed by atoms with van der Waals surface area (Å²) < 4.78 is 6.83. The highest BCUT2D eigenvalue weighted by atomic mass is 79.9. The lowest BCUT2D eigenvalue weighted by Gasteiger charge is -2.40. The van der Waals surface area contributed by atoms with Crippen molar-refractivity contribution in [1.82, 2.24) is 9.97 Å². The standard InChI is InChI=1S/C14H14BrN3O/c15-9-4-5-11-12(7-9)17-14-13(16-11)18-6-2-1-3-10(18)8-19-14/h4-5,7,10H,1-3,6,8H2. The number of hydrogen-bond acceptors (Lipinski definition) is 4. The third kappa shape index (κ3) is 1.87. The molecule has 3 heterocycles. The van der Waals surface area contributed by atoms with Crippen LogP contribution in [0.15, 0.2) is 22.7 Å². The lowest BCUT2D eigenvalue weighted by molar-refractivity contribution is 0.230. The van der Waals surface area contributed by atoms with Crippen molar-refractivity contribution < 1.29 is 4.74 Å². The van der Waals surface area contributed by atoms with Crippen LogP contribution in [0.5, 0.6) is 5.88 Å². The number of rotatable bonds is 0. The number of hydrogen-bond donors (Lipinski definition) is 0. The Labute approximate surface area is 119 Å². The zero-order valence-electron chi connectivity index (χ0n) is 10.5. The van der Waals surface area contributed by atoms with E-state index < -0.39 is 0 Å². The molecule has 2 aliphatic heterocycles. The van der Waals surface area contributed by atoms with Gasteiger partial charge in [-0.05, 0) is 37.5 Å². The molecule has 1 aromatic carbocycles. The molecule has 4 nitrogen and oxygen atoms in total. The Kier molecular flexibility index (Phi) is 2.62. The fourth-order valence-corrected chi connectivity index (χ4v) is 3.26. The maximum absolute atomic E-state index is 5.81. The van der Waals surface area contributed by atoms with Gasteiger partial charge in [0.25, 0.3) is 5.88 Å². The maximum Gasteiger partial charge on any atom is 0.258 e. The summed E-state index contributed by atoms with van der Waals surface area (Å²) in [4.78, 5) is 11.7. The van der Waals surface area contributed by atoms with Crippen LogP contribution in [0.3, 0.4) is 0 Å². The van der Waals surface area contributed by atoms with Crippen molar-refractivity contribution in [1.29, 1.82) is 0 Å². The Balaban J connectivity index is 1.87. The Morgan fingerprint density at radius 3 is 3.11 bits per heavy atom. The fourth-order valence-electron chi connectivity index (χ4n) is 2.91. The predicted octanol–water partition coefficient (Wildman–Crippen LogP) is 3.14. The van der Waals surface area contributed by atoms with Gasteiger partial charge in [-0.15, -0.1) is 0 Å². The normalized spacial score (nSPS) is 21.7. The number of benzene rings is 1. The molecule has 98 valence electrons. The monoisotopic (exact) mass is 319 g/mol. The predicted molar refractivity (Wildman–Crippen MR) is 77.7 cm³/mol. The Morgan fingerprint density at radius 2 is 2.16 bits per heavy atom. The number of fused-ring (bicyclic) bond motifs is 4. The third-order valence-electron chi connectivity index (χ3n) is 3.89. The van der Waals surface area contributed by atoms with Gasteiger partial charge < -0.3 is 9.64 Å². The average molecular weight is 320 g/mol. The van der Waals surface area contributed by atoms with Crippen molar-refractivity contribution >= 4 is 32.8 Å². The summed E-state index contributed by atoms with van der Waals surface area (Å²) in [5, 5.41) is 0. The molecule has 1 fully saturated rings. The maximum atomic E-state index is 5.81. The van der Waals surface area contributed by atoms with Crippen molar-refractivity contribution in [3.63, 3.8) is 0 Å². The summed E-state index contributed by atoms with van der Waals surface area (Å²) in [6, 6.07) is 6.46. The lowest BCUT2D eigenvalue weighted by atomic mass is 10.0. The van der Waals surface area contributed by atoms with Gasteiger partial charge in [0.2, 0.25) is 0 Å². The molecule has 5 heteroatoms. The zero-order valence-corrected chi connectivity index (χ0v) is 12.1. The molecule has 0 radical (unpaired) electrons. The molecular formula is C14H14BrN3O. The van der Waals surface area contributed by atoms with Gasteiger partial charge in [-0.1, -0.05) is 15.9 Å². The lowest BCUT2D eigenvalue weighted by Crippen LogP contribution is -2.46. The zero-order chi connectivity index (χ0) is 12.8. The minimum Gasteiger partial charge on any atom is -0.473 e. The number of piperidine rings is 1. The highest BCUT2D eigenvalue weighted by molar-refractivity contribution is 9.10. The molecule has 19 heavy (non-hydrogen) atoms. The van der Waals surface area contributed by atoms with Crippen LogP contribution in [0.1, 0.15) is 19.3 Å². The van der Waals surface area contributed by atoms with Crippen molar-refractivity contribution in [3.05, 3.63) is 22.7 Å². The average Bonchev–Trinajstić information content (AvgIpc) is 2.45. The Bertz CT molecular complexity index is 646. The van der Waals surface area contributed by atoms with Crippen LogP contribution in [0.2, 0.25) is 0 Å². The van der Waals surface area contributed by atoms with Crippen LogP contribution >= 0.6 is 15.9 Å². The van der Waals surface area contributed by atoms with Crippen LogP contribution in [-0.2, 0) is 0 Å². The molecule has 1 aromatic heterocycles. The molecule has 0 spiro atoms. The molecule has 0 bridgehead atoms. The third-order valence-corrected chi connectivity index (χ3v) is 4.38. The van der Waals surface area contributed by atoms with Gasteiger partial charge in [0.05, 0.1) is 17.1 Å². The van der Waals surface area contributed by atoms with Gasteiger partial charge in [0, 0.05) is 11.0 Å². The Hall–Kier alpha value is -1.36. The van der Waals surface area contributed by atoms with E-state index in [4.69, 9.17) is 9.72 Å². The molecule has 2 aromatic rings. The second-order valence-electron chi connectivity index (χ2n) is 5.14.